The third kappa shape index (κ3) is 4.05. The molecule has 2 aromatic carbocycles. The van der Waals surface area contributed by atoms with Crippen LogP contribution in [-0.4, -0.2) is 10.2 Å². The topological polar surface area (TPSA) is 40.5 Å². The quantitative estimate of drug-likeness (QED) is 0.803. The third-order valence-corrected chi connectivity index (χ3v) is 3.00. The molecule has 0 bridgehead atoms. The van der Waals surface area contributed by atoms with Gasteiger partial charge in [0.15, 0.2) is 0 Å². The Morgan fingerprint density at radius 1 is 0.789 bits per heavy atom. The van der Waals surface area contributed by atoms with Gasteiger partial charge in [0.2, 0.25) is 0 Å². The second-order valence-corrected chi connectivity index (χ2v) is 4.45. The van der Waals surface area contributed by atoms with Crippen LogP contribution in [0.15, 0.2) is 72.8 Å². The summed E-state index contributed by atoms with van der Waals surface area (Å²) in [5, 5.41) is 19.9. The van der Waals surface area contributed by atoms with Crippen LogP contribution in [0.5, 0.6) is 0 Å². The molecule has 0 unspecified atom stereocenters. The lowest BCUT2D eigenvalue weighted by Gasteiger charge is -2.09. The van der Waals surface area contributed by atoms with E-state index in [-0.39, 0.29) is 0 Å². The van der Waals surface area contributed by atoms with E-state index in [0.717, 1.165) is 11.1 Å². The van der Waals surface area contributed by atoms with Crippen molar-refractivity contribution in [3.05, 3.63) is 83.9 Å². The zero-order valence-electron chi connectivity index (χ0n) is 10.7. The molecule has 2 rings (SSSR count). The highest BCUT2D eigenvalue weighted by Gasteiger charge is 2.05. The van der Waals surface area contributed by atoms with Gasteiger partial charge in [-0.05, 0) is 17.5 Å². The van der Waals surface area contributed by atoms with Gasteiger partial charge in [0.25, 0.3) is 0 Å². The van der Waals surface area contributed by atoms with Crippen molar-refractivity contribution in [2.24, 2.45) is 0 Å². The van der Waals surface area contributed by atoms with Crippen LogP contribution in [0.2, 0.25) is 0 Å². The Balaban J connectivity index is 1.90. The van der Waals surface area contributed by atoms with Gasteiger partial charge in [-0.1, -0.05) is 72.8 Å². The minimum Gasteiger partial charge on any atom is -0.388 e. The molecule has 0 heterocycles. The highest BCUT2D eigenvalue weighted by molar-refractivity contribution is 5.22. The molecule has 0 aromatic heterocycles. The van der Waals surface area contributed by atoms with Gasteiger partial charge in [-0.3, -0.25) is 0 Å². The molecule has 0 aliphatic heterocycles. The van der Waals surface area contributed by atoms with E-state index in [2.05, 4.69) is 0 Å². The summed E-state index contributed by atoms with van der Waals surface area (Å²) in [6, 6.07) is 19.0. The van der Waals surface area contributed by atoms with Crippen molar-refractivity contribution in [2.75, 3.05) is 0 Å². The minimum absolute atomic E-state index is 0.494. The van der Waals surface area contributed by atoms with Gasteiger partial charge in [-0.2, -0.15) is 0 Å². The fourth-order valence-corrected chi connectivity index (χ4v) is 1.91. The molecular formula is C17H18O2. The number of benzene rings is 2. The van der Waals surface area contributed by atoms with Crippen molar-refractivity contribution < 1.29 is 10.2 Å². The molecule has 0 saturated carbocycles. The number of rotatable bonds is 5. The summed E-state index contributed by atoms with van der Waals surface area (Å²) in [5.41, 5.74) is 1.74. The van der Waals surface area contributed by atoms with E-state index in [1.807, 2.05) is 66.7 Å². The fourth-order valence-electron chi connectivity index (χ4n) is 1.91. The van der Waals surface area contributed by atoms with E-state index in [0.29, 0.717) is 6.42 Å². The first-order valence-electron chi connectivity index (χ1n) is 6.40. The molecule has 0 fully saturated rings. The molecule has 19 heavy (non-hydrogen) atoms. The van der Waals surface area contributed by atoms with Gasteiger partial charge in [0, 0.05) is 0 Å². The first-order chi connectivity index (χ1) is 9.27. The minimum atomic E-state index is -0.621. The lowest BCUT2D eigenvalue weighted by molar-refractivity contribution is 0.180. The van der Waals surface area contributed by atoms with E-state index in [1.54, 1.807) is 6.08 Å². The van der Waals surface area contributed by atoms with Crippen LogP contribution in [0, 0.1) is 0 Å². The largest absolute Gasteiger partial charge is 0.388 e. The Bertz CT molecular complexity index is 505. The van der Waals surface area contributed by atoms with Crippen LogP contribution in [0.4, 0.5) is 0 Å². The summed E-state index contributed by atoms with van der Waals surface area (Å²) in [6.45, 7) is 0. The second-order valence-electron chi connectivity index (χ2n) is 4.45. The first kappa shape index (κ1) is 13.5. The third-order valence-electron chi connectivity index (χ3n) is 3.00. The van der Waals surface area contributed by atoms with E-state index < -0.39 is 12.2 Å². The van der Waals surface area contributed by atoms with Gasteiger partial charge in [0.1, 0.15) is 0 Å². The maximum absolute atomic E-state index is 9.97. The highest BCUT2D eigenvalue weighted by Crippen LogP contribution is 2.18. The molecule has 2 nitrogen and oxygen atoms in total. The summed E-state index contributed by atoms with van der Waals surface area (Å²) < 4.78 is 0. The lowest BCUT2D eigenvalue weighted by Crippen LogP contribution is -1.96. The molecule has 0 amide bonds. The molecule has 0 saturated heterocycles. The average molecular weight is 254 g/mol. The van der Waals surface area contributed by atoms with Gasteiger partial charge < -0.3 is 10.2 Å². The lowest BCUT2D eigenvalue weighted by atomic mass is 10.0. The monoisotopic (exact) mass is 254 g/mol. The predicted octanol–water partition coefficient (Wildman–Crippen LogP) is 3.40. The molecule has 98 valence electrons. The van der Waals surface area contributed by atoms with Crippen molar-refractivity contribution in [3.63, 3.8) is 0 Å². The molecule has 0 radical (unpaired) electrons. The summed E-state index contributed by atoms with van der Waals surface area (Å²) in [7, 11) is 0. The number of aliphatic hydroxyl groups excluding tert-OH is 2. The number of aliphatic hydroxyl groups is 2. The van der Waals surface area contributed by atoms with Gasteiger partial charge in [0.05, 0.1) is 12.2 Å². The average Bonchev–Trinajstić information content (AvgIpc) is 2.49. The van der Waals surface area contributed by atoms with E-state index in [9.17, 15) is 10.2 Å². The van der Waals surface area contributed by atoms with Crippen LogP contribution in [0.25, 0.3) is 0 Å². The SMILES string of the molecule is O[C@H](/C=C/C[C@@H](O)c1ccccc1)c1ccccc1. The van der Waals surface area contributed by atoms with E-state index in [4.69, 9.17) is 0 Å². The van der Waals surface area contributed by atoms with Crippen LogP contribution >= 0.6 is 0 Å². The Kier molecular flexibility index (Phi) is 4.90. The second kappa shape index (κ2) is 6.88. The summed E-state index contributed by atoms with van der Waals surface area (Å²) >= 11 is 0. The standard InChI is InChI=1S/C17H18O2/c18-16(14-8-3-1-4-9-14)12-7-13-17(19)15-10-5-2-6-11-15/h1-12,16-19H,13H2/b12-7+/t16-,17-/m1/s1. The number of hydrogen-bond acceptors (Lipinski definition) is 2. The van der Waals surface area contributed by atoms with Crippen molar-refractivity contribution in [1.29, 1.82) is 0 Å². The fraction of sp³-hybridized carbons (Fsp3) is 0.176. The summed E-state index contributed by atoms with van der Waals surface area (Å²) in [6.07, 6.45) is 2.87. The Hall–Kier alpha value is -1.90. The molecular weight excluding hydrogens is 236 g/mol. The van der Waals surface area contributed by atoms with Crippen molar-refractivity contribution in [1.82, 2.24) is 0 Å². The van der Waals surface area contributed by atoms with Gasteiger partial charge in [-0.15, -0.1) is 0 Å². The predicted molar refractivity (Wildman–Crippen MR) is 76.6 cm³/mol. The molecule has 0 aliphatic rings. The summed E-state index contributed by atoms with van der Waals surface area (Å²) in [5.74, 6) is 0. The normalized spacial score (nSPS) is 14.4. The first-order valence-corrected chi connectivity index (χ1v) is 6.40. The smallest absolute Gasteiger partial charge is 0.0971 e. The Labute approximate surface area is 113 Å². The van der Waals surface area contributed by atoms with Gasteiger partial charge in [-0.25, -0.2) is 0 Å². The molecule has 0 spiro atoms. The molecule has 2 heteroatoms. The van der Waals surface area contributed by atoms with Crippen LogP contribution in [0.1, 0.15) is 29.8 Å². The Morgan fingerprint density at radius 3 is 1.89 bits per heavy atom. The van der Waals surface area contributed by atoms with Crippen LogP contribution < -0.4 is 0 Å². The molecule has 2 N–H and O–H groups in total. The molecule has 0 aliphatic carbocycles. The maximum atomic E-state index is 9.97. The molecule has 2 atom stereocenters. The number of hydrogen-bond donors (Lipinski definition) is 2. The maximum Gasteiger partial charge on any atom is 0.0971 e. The zero-order chi connectivity index (χ0) is 13.5. The molecule has 2 aromatic rings. The van der Waals surface area contributed by atoms with E-state index in [1.165, 1.54) is 0 Å². The van der Waals surface area contributed by atoms with Crippen molar-refractivity contribution in [2.45, 2.75) is 18.6 Å². The highest BCUT2D eigenvalue weighted by atomic mass is 16.3. The van der Waals surface area contributed by atoms with Crippen LogP contribution in [0.3, 0.4) is 0 Å². The van der Waals surface area contributed by atoms with Crippen LogP contribution in [-0.2, 0) is 0 Å². The Morgan fingerprint density at radius 2 is 1.32 bits per heavy atom. The van der Waals surface area contributed by atoms with Crippen molar-refractivity contribution >= 4 is 0 Å². The van der Waals surface area contributed by atoms with Crippen molar-refractivity contribution in [3.8, 4) is 0 Å². The van der Waals surface area contributed by atoms with E-state index >= 15 is 0 Å². The zero-order valence-corrected chi connectivity index (χ0v) is 10.7. The summed E-state index contributed by atoms with van der Waals surface area (Å²) in [4.78, 5) is 0. The van der Waals surface area contributed by atoms with Gasteiger partial charge >= 0.3 is 0 Å².